The minimum absolute atomic E-state index is 0.378. The number of aromatic nitrogens is 3. The molecule has 0 radical (unpaired) electrons. The van der Waals surface area contributed by atoms with Gasteiger partial charge in [-0.1, -0.05) is 26.7 Å². The van der Waals surface area contributed by atoms with Crippen molar-refractivity contribution >= 4 is 22.8 Å². The van der Waals surface area contributed by atoms with Gasteiger partial charge in [0.15, 0.2) is 5.65 Å². The maximum absolute atomic E-state index is 6.08. The van der Waals surface area contributed by atoms with Crippen LogP contribution in [0.15, 0.2) is 12.3 Å². The number of alkyl halides is 1. The van der Waals surface area contributed by atoms with Crippen LogP contribution in [0.5, 0.6) is 0 Å². The third-order valence-electron chi connectivity index (χ3n) is 4.11. The first-order chi connectivity index (χ1) is 9.13. The zero-order valence-corrected chi connectivity index (χ0v) is 12.9. The summed E-state index contributed by atoms with van der Waals surface area (Å²) in [5.74, 6) is 1.99. The maximum atomic E-state index is 6.08. The zero-order chi connectivity index (χ0) is 14.0. The van der Waals surface area contributed by atoms with Crippen LogP contribution in [-0.4, -0.2) is 14.5 Å². The van der Waals surface area contributed by atoms with E-state index in [9.17, 15) is 0 Å². The van der Waals surface area contributed by atoms with E-state index in [4.69, 9.17) is 11.6 Å². The van der Waals surface area contributed by atoms with E-state index in [1.165, 1.54) is 0 Å². The standard InChI is InChI=1S/C15H22ClN3/c1-5-12(6-2)11(4)19-13(9-16)18-14-10(3)7-8-17-15(14)19/h7-8,11-12H,5-6,9H2,1-4H3. The van der Waals surface area contributed by atoms with Gasteiger partial charge in [-0.3, -0.25) is 0 Å². The van der Waals surface area contributed by atoms with Gasteiger partial charge < -0.3 is 4.57 Å². The zero-order valence-electron chi connectivity index (χ0n) is 12.2. The second-order valence-corrected chi connectivity index (χ2v) is 5.42. The summed E-state index contributed by atoms with van der Waals surface area (Å²) in [7, 11) is 0. The molecule has 0 aliphatic heterocycles. The number of pyridine rings is 1. The molecule has 104 valence electrons. The Morgan fingerprint density at radius 2 is 2.00 bits per heavy atom. The second kappa shape index (κ2) is 5.91. The SMILES string of the molecule is CCC(CC)C(C)n1c(CCl)nc2c(C)ccnc21. The highest BCUT2D eigenvalue weighted by atomic mass is 35.5. The number of imidazole rings is 1. The van der Waals surface area contributed by atoms with Crippen LogP contribution in [0, 0.1) is 12.8 Å². The summed E-state index contributed by atoms with van der Waals surface area (Å²) in [5.41, 5.74) is 3.11. The van der Waals surface area contributed by atoms with Crippen LogP contribution in [0.1, 0.15) is 51.0 Å². The van der Waals surface area contributed by atoms with Crippen molar-refractivity contribution in [2.75, 3.05) is 0 Å². The topological polar surface area (TPSA) is 30.7 Å². The first-order valence-electron chi connectivity index (χ1n) is 7.02. The minimum atomic E-state index is 0.378. The van der Waals surface area contributed by atoms with E-state index in [-0.39, 0.29) is 0 Å². The largest absolute Gasteiger partial charge is 0.309 e. The average Bonchev–Trinajstić information content (AvgIpc) is 2.80. The molecule has 0 spiro atoms. The molecule has 2 aromatic rings. The predicted octanol–water partition coefficient (Wildman–Crippen LogP) is 4.48. The fourth-order valence-electron chi connectivity index (χ4n) is 2.86. The van der Waals surface area contributed by atoms with Crippen molar-refractivity contribution < 1.29 is 0 Å². The molecule has 0 bridgehead atoms. The van der Waals surface area contributed by atoms with Crippen molar-refractivity contribution in [3.8, 4) is 0 Å². The van der Waals surface area contributed by atoms with Crippen molar-refractivity contribution in [3.63, 3.8) is 0 Å². The smallest absolute Gasteiger partial charge is 0.160 e. The molecule has 19 heavy (non-hydrogen) atoms. The summed E-state index contributed by atoms with van der Waals surface area (Å²) in [6.45, 7) is 8.80. The Morgan fingerprint density at radius 3 is 2.58 bits per heavy atom. The van der Waals surface area contributed by atoms with Gasteiger partial charge in [0.25, 0.3) is 0 Å². The molecule has 0 amide bonds. The van der Waals surface area contributed by atoms with Crippen molar-refractivity contribution in [2.24, 2.45) is 5.92 Å². The van der Waals surface area contributed by atoms with Gasteiger partial charge in [-0.2, -0.15) is 0 Å². The normalized spacial score (nSPS) is 13.4. The van der Waals surface area contributed by atoms with Crippen LogP contribution in [-0.2, 0) is 5.88 Å². The molecule has 4 heteroatoms. The lowest BCUT2D eigenvalue weighted by Gasteiger charge is -2.24. The van der Waals surface area contributed by atoms with Crippen LogP contribution in [0.2, 0.25) is 0 Å². The van der Waals surface area contributed by atoms with Crippen LogP contribution >= 0.6 is 11.6 Å². The summed E-state index contributed by atoms with van der Waals surface area (Å²) < 4.78 is 2.23. The fraction of sp³-hybridized carbons (Fsp3) is 0.600. The summed E-state index contributed by atoms with van der Waals surface area (Å²) >= 11 is 6.08. The molecular formula is C15H22ClN3. The van der Waals surface area contributed by atoms with Gasteiger partial charge >= 0.3 is 0 Å². The number of hydrogen-bond acceptors (Lipinski definition) is 2. The Kier molecular flexibility index (Phi) is 4.46. The molecule has 1 unspecified atom stereocenters. The summed E-state index contributed by atoms with van der Waals surface area (Å²) in [5, 5.41) is 0. The Labute approximate surface area is 120 Å². The molecule has 2 heterocycles. The molecule has 0 aliphatic carbocycles. The maximum Gasteiger partial charge on any atom is 0.160 e. The van der Waals surface area contributed by atoms with Crippen LogP contribution in [0.4, 0.5) is 0 Å². The Bertz CT molecular complexity index is 558. The van der Waals surface area contributed by atoms with Crippen LogP contribution < -0.4 is 0 Å². The highest BCUT2D eigenvalue weighted by Crippen LogP contribution is 2.30. The Balaban J connectivity index is 2.60. The van der Waals surface area contributed by atoms with E-state index in [0.29, 0.717) is 17.8 Å². The molecule has 0 N–H and O–H groups in total. The second-order valence-electron chi connectivity index (χ2n) is 5.15. The van der Waals surface area contributed by atoms with Gasteiger partial charge in [0.2, 0.25) is 0 Å². The third-order valence-corrected chi connectivity index (χ3v) is 4.35. The number of aryl methyl sites for hydroxylation is 1. The minimum Gasteiger partial charge on any atom is -0.309 e. The average molecular weight is 280 g/mol. The Morgan fingerprint density at radius 1 is 1.32 bits per heavy atom. The van der Waals surface area contributed by atoms with Crippen molar-refractivity contribution in [1.29, 1.82) is 0 Å². The van der Waals surface area contributed by atoms with Crippen molar-refractivity contribution in [2.45, 2.75) is 52.5 Å². The number of rotatable bonds is 5. The molecule has 0 aliphatic rings. The number of hydrogen-bond donors (Lipinski definition) is 0. The molecule has 3 nitrogen and oxygen atoms in total. The fourth-order valence-corrected chi connectivity index (χ4v) is 3.05. The van der Waals surface area contributed by atoms with E-state index in [1.807, 2.05) is 12.3 Å². The summed E-state index contributed by atoms with van der Waals surface area (Å²) in [4.78, 5) is 9.20. The highest BCUT2D eigenvalue weighted by molar-refractivity contribution is 6.16. The van der Waals surface area contributed by atoms with Gasteiger partial charge in [-0.05, 0) is 31.4 Å². The van der Waals surface area contributed by atoms with Gasteiger partial charge in [0, 0.05) is 12.2 Å². The summed E-state index contributed by atoms with van der Waals surface area (Å²) in [6.07, 6.45) is 4.17. The predicted molar refractivity (Wildman–Crippen MR) is 80.6 cm³/mol. The lowest BCUT2D eigenvalue weighted by molar-refractivity contribution is 0.333. The van der Waals surface area contributed by atoms with Gasteiger partial charge in [0.05, 0.1) is 5.88 Å². The van der Waals surface area contributed by atoms with Gasteiger partial charge in [0.1, 0.15) is 11.3 Å². The van der Waals surface area contributed by atoms with Crippen LogP contribution in [0.3, 0.4) is 0 Å². The summed E-state index contributed by atoms with van der Waals surface area (Å²) in [6, 6.07) is 2.38. The van der Waals surface area contributed by atoms with Gasteiger partial charge in [-0.25, -0.2) is 9.97 Å². The third kappa shape index (κ3) is 2.48. The van der Waals surface area contributed by atoms with E-state index in [2.05, 4.69) is 42.2 Å². The van der Waals surface area contributed by atoms with Gasteiger partial charge in [-0.15, -0.1) is 11.6 Å². The first-order valence-corrected chi connectivity index (χ1v) is 7.55. The van der Waals surface area contributed by atoms with E-state index in [0.717, 1.165) is 35.4 Å². The molecule has 2 rings (SSSR count). The molecular weight excluding hydrogens is 258 g/mol. The van der Waals surface area contributed by atoms with Crippen molar-refractivity contribution in [1.82, 2.24) is 14.5 Å². The molecule has 1 atom stereocenters. The van der Waals surface area contributed by atoms with E-state index >= 15 is 0 Å². The lowest BCUT2D eigenvalue weighted by atomic mass is 9.95. The van der Waals surface area contributed by atoms with Crippen molar-refractivity contribution in [3.05, 3.63) is 23.7 Å². The Hall–Kier alpha value is -1.09. The van der Waals surface area contributed by atoms with Crippen LogP contribution in [0.25, 0.3) is 11.2 Å². The number of halogens is 1. The number of nitrogens with zero attached hydrogens (tertiary/aromatic N) is 3. The molecule has 0 saturated heterocycles. The van der Waals surface area contributed by atoms with E-state index in [1.54, 1.807) is 0 Å². The monoisotopic (exact) mass is 279 g/mol. The highest BCUT2D eigenvalue weighted by Gasteiger charge is 2.22. The lowest BCUT2D eigenvalue weighted by Crippen LogP contribution is -2.17. The quantitative estimate of drug-likeness (QED) is 0.756. The van der Waals surface area contributed by atoms with E-state index < -0.39 is 0 Å². The number of fused-ring (bicyclic) bond motifs is 1. The molecule has 0 aromatic carbocycles. The molecule has 0 saturated carbocycles. The molecule has 2 aromatic heterocycles. The molecule has 0 fully saturated rings. The first kappa shape index (κ1) is 14.3.